The van der Waals surface area contributed by atoms with Crippen LogP contribution >= 0.6 is 12.4 Å². The predicted octanol–water partition coefficient (Wildman–Crippen LogP) is -1.10. The van der Waals surface area contributed by atoms with Gasteiger partial charge in [-0.05, 0) is 6.92 Å². The predicted molar refractivity (Wildman–Crippen MR) is 30.5 cm³/mol. The Morgan fingerprint density at radius 3 is 2.25 bits per heavy atom. The van der Waals surface area contributed by atoms with Crippen LogP contribution in [-0.4, -0.2) is 12.0 Å². The fourth-order valence-electron chi connectivity index (χ4n) is 0.263. The number of hydrogen-bond donors (Lipinski definition) is 1. The molecule has 1 unspecified atom stereocenters. The van der Waals surface area contributed by atoms with E-state index in [1.165, 1.54) is 0 Å². The molecule has 0 aliphatic heterocycles. The lowest BCUT2D eigenvalue weighted by Crippen LogP contribution is -2.29. The minimum Gasteiger partial charge on any atom is -0.550 e. The van der Waals surface area contributed by atoms with Crippen LogP contribution in [0.25, 0.3) is 0 Å². The number of rotatable bonds is 2. The molecule has 4 heteroatoms. The zero-order valence-corrected chi connectivity index (χ0v) is 5.40. The van der Waals surface area contributed by atoms with E-state index in [9.17, 15) is 9.90 Å². The molecular weight excluding hydrogens is 130 g/mol. The Balaban J connectivity index is 0. The van der Waals surface area contributed by atoms with Gasteiger partial charge in [-0.3, -0.25) is 0 Å². The van der Waals surface area contributed by atoms with Gasteiger partial charge in [-0.1, -0.05) is 0 Å². The first-order valence-corrected chi connectivity index (χ1v) is 2.08. The summed E-state index contributed by atoms with van der Waals surface area (Å²) in [5.41, 5.74) is 5.07. The maximum absolute atomic E-state index is 9.62. The maximum atomic E-state index is 9.62. The summed E-state index contributed by atoms with van der Waals surface area (Å²) in [7, 11) is 0. The minimum atomic E-state index is -1.09. The third-order valence-corrected chi connectivity index (χ3v) is 0.489. The van der Waals surface area contributed by atoms with Crippen molar-refractivity contribution in [3.8, 4) is 0 Å². The molecule has 50 valence electrons. The van der Waals surface area contributed by atoms with Crippen LogP contribution in [0, 0.1) is 0 Å². The van der Waals surface area contributed by atoms with Crippen molar-refractivity contribution in [3.63, 3.8) is 0 Å². The van der Waals surface area contributed by atoms with Crippen molar-refractivity contribution >= 4 is 18.4 Å². The number of carbonyl (C=O) groups excluding carboxylic acids is 1. The molecule has 0 aliphatic rings. The SMILES string of the molecule is CC(N)CC(=O)[O-].Cl. The first kappa shape index (κ1) is 10.7. The van der Waals surface area contributed by atoms with Gasteiger partial charge in [-0.2, -0.15) is 0 Å². The van der Waals surface area contributed by atoms with E-state index in [2.05, 4.69) is 0 Å². The largest absolute Gasteiger partial charge is 0.550 e. The normalized spacial score (nSPS) is 11.8. The summed E-state index contributed by atoms with van der Waals surface area (Å²) in [5.74, 6) is -1.09. The highest BCUT2D eigenvalue weighted by atomic mass is 35.5. The molecule has 0 saturated carbocycles. The Hall–Kier alpha value is -0.280. The molecule has 0 spiro atoms. The lowest BCUT2D eigenvalue weighted by molar-refractivity contribution is -0.305. The molecule has 0 heterocycles. The van der Waals surface area contributed by atoms with Gasteiger partial charge in [0.15, 0.2) is 0 Å². The number of hydrogen-bond acceptors (Lipinski definition) is 3. The monoisotopic (exact) mass is 138 g/mol. The molecule has 8 heavy (non-hydrogen) atoms. The van der Waals surface area contributed by atoms with Crippen molar-refractivity contribution in [2.45, 2.75) is 19.4 Å². The van der Waals surface area contributed by atoms with E-state index in [1.807, 2.05) is 0 Å². The van der Waals surface area contributed by atoms with E-state index in [-0.39, 0.29) is 24.9 Å². The van der Waals surface area contributed by atoms with Crippen LogP contribution in [0.1, 0.15) is 13.3 Å². The first-order valence-electron chi connectivity index (χ1n) is 2.08. The highest BCUT2D eigenvalue weighted by Gasteiger charge is 1.90. The van der Waals surface area contributed by atoms with Gasteiger partial charge in [-0.15, -0.1) is 12.4 Å². The topological polar surface area (TPSA) is 66.2 Å². The van der Waals surface area contributed by atoms with Crippen molar-refractivity contribution in [3.05, 3.63) is 0 Å². The lowest BCUT2D eigenvalue weighted by Gasteiger charge is -2.02. The van der Waals surface area contributed by atoms with E-state index < -0.39 is 5.97 Å². The van der Waals surface area contributed by atoms with E-state index in [0.29, 0.717) is 0 Å². The van der Waals surface area contributed by atoms with Crippen LogP contribution in [0.5, 0.6) is 0 Å². The molecule has 0 rings (SSSR count). The second kappa shape index (κ2) is 4.87. The average Bonchev–Trinajstić information content (AvgIpc) is 1.27. The number of aliphatic carboxylic acids is 1. The van der Waals surface area contributed by atoms with Gasteiger partial charge in [0, 0.05) is 18.4 Å². The third-order valence-electron chi connectivity index (χ3n) is 0.489. The molecule has 0 fully saturated rings. The highest BCUT2D eigenvalue weighted by molar-refractivity contribution is 5.85. The number of carboxylic acid groups (broad SMARTS) is 1. The van der Waals surface area contributed by atoms with Gasteiger partial charge in [0.25, 0.3) is 0 Å². The Kier molecular flexibility index (Phi) is 6.48. The fourth-order valence-corrected chi connectivity index (χ4v) is 0.263. The second-order valence-electron chi connectivity index (χ2n) is 1.55. The molecule has 0 amide bonds. The van der Waals surface area contributed by atoms with Crippen LogP contribution in [0.2, 0.25) is 0 Å². The summed E-state index contributed by atoms with van der Waals surface area (Å²) < 4.78 is 0. The molecule has 1 atom stereocenters. The molecule has 0 aliphatic carbocycles. The maximum Gasteiger partial charge on any atom is 0.0429 e. The molecule has 0 aromatic heterocycles. The summed E-state index contributed by atoms with van der Waals surface area (Å²) >= 11 is 0. The van der Waals surface area contributed by atoms with Gasteiger partial charge in [-0.25, -0.2) is 0 Å². The van der Waals surface area contributed by atoms with Crippen LogP contribution in [0.3, 0.4) is 0 Å². The van der Waals surface area contributed by atoms with Gasteiger partial charge in [0.05, 0.1) is 0 Å². The third kappa shape index (κ3) is 9.21. The van der Waals surface area contributed by atoms with Crippen molar-refractivity contribution in [2.75, 3.05) is 0 Å². The van der Waals surface area contributed by atoms with Gasteiger partial charge >= 0.3 is 0 Å². The van der Waals surface area contributed by atoms with E-state index in [4.69, 9.17) is 5.73 Å². The van der Waals surface area contributed by atoms with Gasteiger partial charge in [0.2, 0.25) is 0 Å². The van der Waals surface area contributed by atoms with Crippen molar-refractivity contribution in [1.29, 1.82) is 0 Å². The average molecular weight is 139 g/mol. The standard InChI is InChI=1S/C4H9NO2.ClH/c1-3(5)2-4(6)7;/h3H,2,5H2,1H3,(H,6,7);1H/p-1. The number of carbonyl (C=O) groups is 1. The zero-order valence-electron chi connectivity index (χ0n) is 4.59. The second-order valence-corrected chi connectivity index (χ2v) is 1.55. The fraction of sp³-hybridized carbons (Fsp3) is 0.750. The van der Waals surface area contributed by atoms with Crippen LogP contribution in [0.15, 0.2) is 0 Å². The number of halogens is 1. The Morgan fingerprint density at radius 1 is 1.88 bits per heavy atom. The Morgan fingerprint density at radius 2 is 2.25 bits per heavy atom. The smallest absolute Gasteiger partial charge is 0.0429 e. The molecule has 0 aromatic carbocycles. The Labute approximate surface area is 54.3 Å². The van der Waals surface area contributed by atoms with Crippen molar-refractivity contribution < 1.29 is 9.90 Å². The summed E-state index contributed by atoms with van der Waals surface area (Å²) in [6, 6.07) is -0.287. The van der Waals surface area contributed by atoms with E-state index >= 15 is 0 Å². The van der Waals surface area contributed by atoms with Crippen LogP contribution < -0.4 is 10.8 Å². The summed E-state index contributed by atoms with van der Waals surface area (Å²) in [6.07, 6.45) is -0.0556. The van der Waals surface area contributed by atoms with E-state index in [0.717, 1.165) is 0 Å². The lowest BCUT2D eigenvalue weighted by atomic mass is 10.3. The van der Waals surface area contributed by atoms with Gasteiger partial charge in [0.1, 0.15) is 0 Å². The molecule has 3 nitrogen and oxygen atoms in total. The van der Waals surface area contributed by atoms with Crippen molar-refractivity contribution in [2.24, 2.45) is 5.73 Å². The Bertz CT molecular complexity index is 74.4. The van der Waals surface area contributed by atoms with E-state index in [1.54, 1.807) is 6.92 Å². The molecular formula is C4H9ClNO2-. The molecule has 0 bridgehead atoms. The molecule has 0 radical (unpaired) electrons. The quantitative estimate of drug-likeness (QED) is 0.527. The van der Waals surface area contributed by atoms with Gasteiger partial charge < -0.3 is 15.6 Å². The molecule has 0 aromatic rings. The number of nitrogens with two attached hydrogens (primary N) is 1. The molecule has 2 N–H and O–H groups in total. The zero-order chi connectivity index (χ0) is 5.86. The minimum absolute atomic E-state index is 0. The summed E-state index contributed by atoms with van der Waals surface area (Å²) in [5, 5.41) is 9.62. The first-order chi connectivity index (χ1) is 3.13. The van der Waals surface area contributed by atoms with Crippen LogP contribution in [-0.2, 0) is 4.79 Å². The summed E-state index contributed by atoms with van der Waals surface area (Å²) in [4.78, 5) is 9.62. The number of carboxylic acids is 1. The van der Waals surface area contributed by atoms with Crippen LogP contribution in [0.4, 0.5) is 0 Å². The van der Waals surface area contributed by atoms with Crippen molar-refractivity contribution in [1.82, 2.24) is 0 Å². The molecule has 0 saturated heterocycles. The highest BCUT2D eigenvalue weighted by Crippen LogP contribution is 1.79. The summed E-state index contributed by atoms with van der Waals surface area (Å²) in [6.45, 7) is 1.62.